The zero-order chi connectivity index (χ0) is 14.4. The molecule has 0 atom stereocenters. The van der Waals surface area contributed by atoms with E-state index in [1.165, 1.54) is 0 Å². The molecule has 4 nitrogen and oxygen atoms in total. The molecule has 0 spiro atoms. The number of nitriles is 1. The molecule has 1 aromatic rings. The lowest BCUT2D eigenvalue weighted by atomic mass is 10.1. The molecule has 0 aromatic heterocycles. The van der Waals surface area contributed by atoms with Crippen molar-refractivity contribution < 1.29 is 4.79 Å². The molecule has 100 valence electrons. The van der Waals surface area contributed by atoms with E-state index in [-0.39, 0.29) is 11.5 Å². The van der Waals surface area contributed by atoms with Crippen molar-refractivity contribution in [3.8, 4) is 6.07 Å². The van der Waals surface area contributed by atoms with Gasteiger partial charge in [0.25, 0.3) is 5.91 Å². The summed E-state index contributed by atoms with van der Waals surface area (Å²) in [7, 11) is 3.61. The Morgan fingerprint density at radius 3 is 2.53 bits per heavy atom. The topological polar surface area (TPSA) is 56.1 Å². The highest BCUT2D eigenvalue weighted by molar-refractivity contribution is 6.07. The Bertz CT molecular complexity index is 539. The van der Waals surface area contributed by atoms with Gasteiger partial charge >= 0.3 is 0 Å². The van der Waals surface area contributed by atoms with E-state index >= 15 is 0 Å². The fourth-order valence-electron chi connectivity index (χ4n) is 1.65. The largest absolute Gasteiger partial charge is 0.380 e. The molecule has 0 aliphatic carbocycles. The summed E-state index contributed by atoms with van der Waals surface area (Å²) in [6.45, 7) is 3.78. The number of amides is 1. The highest BCUT2D eigenvalue weighted by Gasteiger charge is 2.15. The lowest BCUT2D eigenvalue weighted by Gasteiger charge is -2.15. The lowest BCUT2D eigenvalue weighted by molar-refractivity contribution is -0.112. The standard InChI is InChI=1S/C15H19N3O/c1-5-12-8-6-7-9-14(12)17-15(19)13(10-16)11(2)18(3)4/h6-9H,5H2,1-4H3,(H,17,19)/b13-11-. The maximum atomic E-state index is 12.1. The fraction of sp³-hybridized carbons (Fsp3) is 0.333. The van der Waals surface area contributed by atoms with Crippen LogP contribution in [0.15, 0.2) is 35.5 Å². The third kappa shape index (κ3) is 3.59. The zero-order valence-electron chi connectivity index (χ0n) is 11.8. The number of carbonyl (C=O) groups is 1. The molecule has 0 bridgehead atoms. The van der Waals surface area contributed by atoms with Crippen LogP contribution in [0.2, 0.25) is 0 Å². The summed E-state index contributed by atoms with van der Waals surface area (Å²) in [6.07, 6.45) is 0.828. The quantitative estimate of drug-likeness (QED) is 0.666. The normalized spacial score (nSPS) is 11.3. The van der Waals surface area contributed by atoms with Gasteiger partial charge in [0.15, 0.2) is 0 Å². The number of carbonyl (C=O) groups excluding carboxylic acids is 1. The van der Waals surface area contributed by atoms with Crippen LogP contribution in [0.5, 0.6) is 0 Å². The Kier molecular flexibility index (Phi) is 5.13. The average Bonchev–Trinajstić information content (AvgIpc) is 2.39. The molecule has 0 heterocycles. The molecule has 0 saturated heterocycles. The number of allylic oxidation sites excluding steroid dienone is 1. The third-order valence-electron chi connectivity index (χ3n) is 3.02. The molecule has 0 aliphatic heterocycles. The predicted molar refractivity (Wildman–Crippen MR) is 76.4 cm³/mol. The molecule has 1 aromatic carbocycles. The van der Waals surface area contributed by atoms with Crippen LogP contribution in [-0.2, 0) is 11.2 Å². The third-order valence-corrected chi connectivity index (χ3v) is 3.02. The second-order valence-electron chi connectivity index (χ2n) is 4.43. The van der Waals surface area contributed by atoms with Crippen molar-refractivity contribution in [3.63, 3.8) is 0 Å². The van der Waals surface area contributed by atoms with E-state index in [0.29, 0.717) is 5.70 Å². The average molecular weight is 257 g/mol. The van der Waals surface area contributed by atoms with Gasteiger partial charge in [-0.2, -0.15) is 5.26 Å². The highest BCUT2D eigenvalue weighted by atomic mass is 16.1. The first-order valence-corrected chi connectivity index (χ1v) is 6.18. The number of benzene rings is 1. The number of nitrogens with zero attached hydrogens (tertiary/aromatic N) is 2. The van der Waals surface area contributed by atoms with Crippen LogP contribution in [0.4, 0.5) is 5.69 Å². The van der Waals surface area contributed by atoms with E-state index in [1.807, 2.05) is 37.3 Å². The van der Waals surface area contributed by atoms with Gasteiger partial charge in [-0.15, -0.1) is 0 Å². The van der Waals surface area contributed by atoms with Gasteiger partial charge in [0.1, 0.15) is 11.6 Å². The van der Waals surface area contributed by atoms with Gasteiger partial charge in [0, 0.05) is 25.5 Å². The van der Waals surface area contributed by atoms with Gasteiger partial charge in [-0.05, 0) is 25.0 Å². The minimum absolute atomic E-state index is 0.135. The van der Waals surface area contributed by atoms with E-state index in [9.17, 15) is 4.79 Å². The lowest BCUT2D eigenvalue weighted by Crippen LogP contribution is -2.20. The molecule has 0 aliphatic rings. The van der Waals surface area contributed by atoms with Gasteiger partial charge < -0.3 is 10.2 Å². The molecule has 4 heteroatoms. The summed E-state index contributed by atoms with van der Waals surface area (Å²) >= 11 is 0. The van der Waals surface area contributed by atoms with Gasteiger partial charge in [0.05, 0.1) is 0 Å². The monoisotopic (exact) mass is 257 g/mol. The summed E-state index contributed by atoms with van der Waals surface area (Å²) in [5.74, 6) is -0.366. The Morgan fingerprint density at radius 2 is 2.00 bits per heavy atom. The summed E-state index contributed by atoms with van der Waals surface area (Å²) in [4.78, 5) is 13.9. The zero-order valence-corrected chi connectivity index (χ0v) is 11.8. The number of aryl methyl sites for hydroxylation is 1. The van der Waals surface area contributed by atoms with Crippen molar-refractivity contribution in [2.75, 3.05) is 19.4 Å². The number of para-hydroxylation sites is 1. The van der Waals surface area contributed by atoms with E-state index in [1.54, 1.807) is 25.9 Å². The molecule has 1 N–H and O–H groups in total. The maximum Gasteiger partial charge on any atom is 0.268 e. The Hall–Kier alpha value is -2.28. The fourth-order valence-corrected chi connectivity index (χ4v) is 1.65. The Labute approximate surface area is 114 Å². The Morgan fingerprint density at radius 1 is 1.37 bits per heavy atom. The first kappa shape index (κ1) is 14.8. The molecule has 0 unspecified atom stereocenters. The van der Waals surface area contributed by atoms with Crippen molar-refractivity contribution in [1.29, 1.82) is 5.26 Å². The van der Waals surface area contributed by atoms with Crippen LogP contribution in [-0.4, -0.2) is 24.9 Å². The summed E-state index contributed by atoms with van der Waals surface area (Å²) < 4.78 is 0. The minimum atomic E-state index is -0.366. The number of nitrogens with one attached hydrogen (secondary N) is 1. The van der Waals surface area contributed by atoms with Gasteiger partial charge in [-0.25, -0.2) is 0 Å². The van der Waals surface area contributed by atoms with Crippen LogP contribution in [0.1, 0.15) is 19.4 Å². The summed E-state index contributed by atoms with van der Waals surface area (Å²) in [5.41, 5.74) is 2.59. The van der Waals surface area contributed by atoms with Crippen LogP contribution in [0.3, 0.4) is 0 Å². The molecule has 1 rings (SSSR count). The number of anilines is 1. The smallest absolute Gasteiger partial charge is 0.268 e. The van der Waals surface area contributed by atoms with Gasteiger partial charge in [-0.1, -0.05) is 25.1 Å². The SMILES string of the molecule is CCc1ccccc1NC(=O)/C(C#N)=C(/C)N(C)C. The van der Waals surface area contributed by atoms with Gasteiger partial charge in [0.2, 0.25) is 0 Å². The first-order chi connectivity index (χ1) is 9.01. The minimum Gasteiger partial charge on any atom is -0.380 e. The van der Waals surface area contributed by atoms with Crippen molar-refractivity contribution in [2.45, 2.75) is 20.3 Å². The number of hydrogen-bond donors (Lipinski definition) is 1. The van der Waals surface area contributed by atoms with E-state index in [2.05, 4.69) is 5.32 Å². The van der Waals surface area contributed by atoms with Crippen LogP contribution >= 0.6 is 0 Å². The van der Waals surface area contributed by atoms with Crippen molar-refractivity contribution in [3.05, 3.63) is 41.1 Å². The summed E-state index contributed by atoms with van der Waals surface area (Å²) in [6, 6.07) is 9.57. The molecule has 0 saturated carbocycles. The maximum absolute atomic E-state index is 12.1. The number of rotatable bonds is 4. The van der Waals surface area contributed by atoms with Crippen LogP contribution < -0.4 is 5.32 Å². The summed E-state index contributed by atoms with van der Waals surface area (Å²) in [5, 5.41) is 11.9. The van der Waals surface area contributed by atoms with E-state index < -0.39 is 0 Å². The van der Waals surface area contributed by atoms with Crippen molar-refractivity contribution in [1.82, 2.24) is 4.90 Å². The van der Waals surface area contributed by atoms with E-state index in [0.717, 1.165) is 17.7 Å². The first-order valence-electron chi connectivity index (χ1n) is 6.18. The molecular formula is C15H19N3O. The second kappa shape index (κ2) is 6.60. The van der Waals surface area contributed by atoms with Crippen LogP contribution in [0, 0.1) is 11.3 Å². The molecule has 19 heavy (non-hydrogen) atoms. The van der Waals surface area contributed by atoms with Gasteiger partial charge in [-0.3, -0.25) is 4.79 Å². The molecule has 0 fully saturated rings. The molecular weight excluding hydrogens is 238 g/mol. The van der Waals surface area contributed by atoms with E-state index in [4.69, 9.17) is 5.26 Å². The highest BCUT2D eigenvalue weighted by Crippen LogP contribution is 2.17. The molecule has 1 amide bonds. The Balaban J connectivity index is 3.03. The van der Waals surface area contributed by atoms with Crippen molar-refractivity contribution >= 4 is 11.6 Å². The van der Waals surface area contributed by atoms with Crippen LogP contribution in [0.25, 0.3) is 0 Å². The van der Waals surface area contributed by atoms with Crippen molar-refractivity contribution in [2.24, 2.45) is 0 Å². The number of hydrogen-bond acceptors (Lipinski definition) is 3. The second-order valence-corrected chi connectivity index (χ2v) is 4.43. The predicted octanol–water partition coefficient (Wildman–Crippen LogP) is 2.55. The molecule has 0 radical (unpaired) electrons.